The molecule has 0 fully saturated rings. The molecule has 0 heterocycles. The molecule has 0 aromatic rings. The van der Waals surface area contributed by atoms with Gasteiger partial charge in [0.25, 0.3) is 0 Å². The third-order valence-electron chi connectivity index (χ3n) is 1.95. The molecule has 0 saturated heterocycles. The molecule has 0 aromatic carbocycles. The number of ether oxygens (including phenoxy) is 2. The van der Waals surface area contributed by atoms with Gasteiger partial charge in [-0.25, -0.2) is 14.5 Å². The van der Waals surface area contributed by atoms with Crippen molar-refractivity contribution in [3.8, 4) is 0 Å². The van der Waals surface area contributed by atoms with Gasteiger partial charge in [0, 0.05) is 6.54 Å². The predicted octanol–water partition coefficient (Wildman–Crippen LogP) is 1.83. The Hall–Kier alpha value is -1.82. The molecule has 17 heavy (non-hydrogen) atoms. The third-order valence-corrected chi connectivity index (χ3v) is 1.95. The fourth-order valence-electron chi connectivity index (χ4n) is 0.966. The smallest absolute Gasteiger partial charge is 0.418 e. The molecule has 6 nitrogen and oxygen atoms in total. The Bertz CT molecular complexity index is 291. The van der Waals surface area contributed by atoms with E-state index in [9.17, 15) is 9.59 Å². The van der Waals surface area contributed by atoms with Crippen LogP contribution in [0.25, 0.3) is 0 Å². The van der Waals surface area contributed by atoms with E-state index in [1.165, 1.54) is 0 Å². The number of hydrogen-bond donors (Lipinski definition) is 1. The number of nitrogens with two attached hydrogens (primary N) is 1. The lowest BCUT2D eigenvalue weighted by Gasteiger charge is -2.28. The molecule has 0 spiro atoms. The van der Waals surface area contributed by atoms with E-state index in [4.69, 9.17) is 5.73 Å². The van der Waals surface area contributed by atoms with Crippen molar-refractivity contribution in [3.63, 3.8) is 0 Å². The molecule has 0 aliphatic carbocycles. The second kappa shape index (κ2) is 6.70. The zero-order valence-corrected chi connectivity index (χ0v) is 10.1. The van der Waals surface area contributed by atoms with E-state index in [1.54, 1.807) is 0 Å². The van der Waals surface area contributed by atoms with Crippen molar-refractivity contribution < 1.29 is 19.1 Å². The molecule has 0 radical (unpaired) electrons. The van der Waals surface area contributed by atoms with Crippen LogP contribution in [0.3, 0.4) is 0 Å². The predicted molar refractivity (Wildman–Crippen MR) is 62.9 cm³/mol. The highest BCUT2D eigenvalue weighted by atomic mass is 16.6. The first kappa shape index (κ1) is 15.2. The molecule has 0 bridgehead atoms. The van der Waals surface area contributed by atoms with Crippen LogP contribution in [0, 0.1) is 5.41 Å². The average molecular weight is 242 g/mol. The molecule has 0 atom stereocenters. The first-order valence-corrected chi connectivity index (χ1v) is 4.98. The van der Waals surface area contributed by atoms with Crippen molar-refractivity contribution in [2.45, 2.75) is 13.8 Å². The van der Waals surface area contributed by atoms with Gasteiger partial charge in [-0.05, 0) is 12.0 Å². The first-order chi connectivity index (χ1) is 7.87. The van der Waals surface area contributed by atoms with Gasteiger partial charge in [-0.1, -0.05) is 27.0 Å². The molecule has 0 rings (SSSR count). The Balaban J connectivity index is 4.84. The van der Waals surface area contributed by atoms with Crippen LogP contribution in [0.1, 0.15) is 13.8 Å². The van der Waals surface area contributed by atoms with Gasteiger partial charge < -0.3 is 15.2 Å². The van der Waals surface area contributed by atoms with E-state index in [1.807, 2.05) is 13.8 Å². The largest absolute Gasteiger partial charge is 0.424 e. The van der Waals surface area contributed by atoms with Gasteiger partial charge in [0.2, 0.25) is 0 Å². The molecule has 0 aliphatic rings. The fraction of sp³-hybridized carbons (Fsp3) is 0.455. The molecular weight excluding hydrogens is 224 g/mol. The van der Waals surface area contributed by atoms with Gasteiger partial charge in [-0.15, -0.1) is 0 Å². The number of rotatable bonds is 5. The van der Waals surface area contributed by atoms with E-state index in [0.717, 1.165) is 17.4 Å². The van der Waals surface area contributed by atoms with Gasteiger partial charge in [0.05, 0.1) is 12.5 Å². The normalized spacial score (nSPS) is 10.3. The maximum atomic E-state index is 11.5. The number of carbonyl (C=O) groups is 2. The quantitative estimate of drug-likeness (QED) is 0.744. The summed E-state index contributed by atoms with van der Waals surface area (Å²) >= 11 is 0. The second-order valence-corrected chi connectivity index (χ2v) is 4.06. The van der Waals surface area contributed by atoms with Crippen molar-refractivity contribution in [3.05, 3.63) is 25.7 Å². The van der Waals surface area contributed by atoms with E-state index < -0.39 is 17.6 Å². The monoisotopic (exact) mass is 242 g/mol. The van der Waals surface area contributed by atoms with Gasteiger partial charge in [0.1, 0.15) is 0 Å². The SMILES string of the molecule is C=COC(=O)N(CC(C)(C)CN)C(=O)OC=C. The summed E-state index contributed by atoms with van der Waals surface area (Å²) < 4.78 is 9.07. The summed E-state index contributed by atoms with van der Waals surface area (Å²) in [6, 6.07) is 0. The van der Waals surface area contributed by atoms with Crippen LogP contribution >= 0.6 is 0 Å². The number of imide groups is 1. The first-order valence-electron chi connectivity index (χ1n) is 4.98. The summed E-state index contributed by atoms with van der Waals surface area (Å²) in [5.74, 6) is 0. The Labute approximate surface area is 101 Å². The van der Waals surface area contributed by atoms with E-state index >= 15 is 0 Å². The topological polar surface area (TPSA) is 81.9 Å². The fourth-order valence-corrected chi connectivity index (χ4v) is 0.966. The average Bonchev–Trinajstić information content (AvgIpc) is 2.26. The summed E-state index contributed by atoms with van der Waals surface area (Å²) in [5, 5.41) is 0. The molecule has 96 valence electrons. The zero-order valence-electron chi connectivity index (χ0n) is 10.1. The third kappa shape index (κ3) is 5.17. The van der Waals surface area contributed by atoms with Crippen LogP contribution < -0.4 is 5.73 Å². The summed E-state index contributed by atoms with van der Waals surface area (Å²) in [5.41, 5.74) is 5.09. The minimum absolute atomic E-state index is 0.0723. The second-order valence-electron chi connectivity index (χ2n) is 4.06. The molecule has 2 amide bonds. The highest BCUT2D eigenvalue weighted by molar-refractivity contribution is 5.88. The van der Waals surface area contributed by atoms with Gasteiger partial charge in [-0.2, -0.15) is 0 Å². The van der Waals surface area contributed by atoms with Crippen molar-refractivity contribution >= 4 is 12.2 Å². The van der Waals surface area contributed by atoms with Crippen molar-refractivity contribution in [2.75, 3.05) is 13.1 Å². The molecular formula is C11H18N2O4. The number of hydrogen-bond acceptors (Lipinski definition) is 5. The Morgan fingerprint density at radius 1 is 1.24 bits per heavy atom. The zero-order chi connectivity index (χ0) is 13.5. The summed E-state index contributed by atoms with van der Waals surface area (Å²) in [4.78, 5) is 23.8. The number of nitrogens with zero attached hydrogens (tertiary/aromatic N) is 1. The highest BCUT2D eigenvalue weighted by Crippen LogP contribution is 2.16. The van der Waals surface area contributed by atoms with Crippen molar-refractivity contribution in [2.24, 2.45) is 11.1 Å². The molecule has 0 aromatic heterocycles. The lowest BCUT2D eigenvalue weighted by atomic mass is 9.93. The summed E-state index contributed by atoms with van der Waals surface area (Å²) in [7, 11) is 0. The van der Waals surface area contributed by atoms with Gasteiger partial charge in [-0.3, -0.25) is 0 Å². The van der Waals surface area contributed by atoms with Crippen LogP contribution in [0.15, 0.2) is 25.7 Å². The van der Waals surface area contributed by atoms with Crippen molar-refractivity contribution in [1.29, 1.82) is 0 Å². The molecule has 0 saturated carbocycles. The minimum Gasteiger partial charge on any atom is -0.418 e. The summed E-state index contributed by atoms with van der Waals surface area (Å²) in [6.45, 7) is 10.5. The minimum atomic E-state index is -0.867. The van der Waals surface area contributed by atoms with Crippen molar-refractivity contribution in [1.82, 2.24) is 4.90 Å². The van der Waals surface area contributed by atoms with Crippen LogP contribution in [-0.2, 0) is 9.47 Å². The van der Waals surface area contributed by atoms with E-state index in [0.29, 0.717) is 6.54 Å². The number of carbonyl (C=O) groups excluding carboxylic acids is 2. The Kier molecular flexibility index (Phi) is 5.98. The Morgan fingerprint density at radius 2 is 1.65 bits per heavy atom. The van der Waals surface area contributed by atoms with E-state index in [2.05, 4.69) is 22.6 Å². The summed E-state index contributed by atoms with van der Waals surface area (Å²) in [6.07, 6.45) is 0.138. The highest BCUT2D eigenvalue weighted by Gasteiger charge is 2.30. The van der Waals surface area contributed by atoms with Gasteiger partial charge >= 0.3 is 12.2 Å². The molecule has 0 aliphatic heterocycles. The molecule has 6 heteroatoms. The van der Waals surface area contributed by atoms with Crippen LogP contribution in [0.4, 0.5) is 9.59 Å². The standard InChI is InChI=1S/C11H18N2O4/c1-5-16-9(14)13(10(15)17-6-2)8-11(3,4)7-12/h5-6H,1-2,7-8,12H2,3-4H3. The number of amides is 2. The van der Waals surface area contributed by atoms with E-state index in [-0.39, 0.29) is 6.54 Å². The molecule has 0 unspecified atom stereocenters. The van der Waals surface area contributed by atoms with Gasteiger partial charge in [0.15, 0.2) is 0 Å². The molecule has 2 N–H and O–H groups in total. The maximum absolute atomic E-state index is 11.5. The Morgan fingerprint density at radius 3 is 1.94 bits per heavy atom. The lowest BCUT2D eigenvalue weighted by molar-refractivity contribution is 0.0987. The lowest BCUT2D eigenvalue weighted by Crippen LogP contribution is -2.45. The maximum Gasteiger partial charge on any atom is 0.424 e. The van der Waals surface area contributed by atoms with Crippen LogP contribution in [0.2, 0.25) is 0 Å². The van der Waals surface area contributed by atoms with Crippen LogP contribution in [0.5, 0.6) is 0 Å². The van der Waals surface area contributed by atoms with Crippen LogP contribution in [-0.4, -0.2) is 30.2 Å².